The molecule has 5 nitrogen and oxygen atoms in total. The van der Waals surface area contributed by atoms with Crippen LogP contribution in [0.2, 0.25) is 0 Å². The zero-order valence-corrected chi connectivity index (χ0v) is 15.4. The number of ether oxygens (including phenoxy) is 1. The third-order valence-corrected chi connectivity index (χ3v) is 4.67. The fourth-order valence-electron chi connectivity index (χ4n) is 3.21. The molecule has 2 heterocycles. The molecule has 0 fully saturated rings. The second kappa shape index (κ2) is 6.64. The van der Waals surface area contributed by atoms with Gasteiger partial charge < -0.3 is 14.1 Å². The summed E-state index contributed by atoms with van der Waals surface area (Å²) in [5.41, 5.74) is 0.0423. The number of amides is 1. The van der Waals surface area contributed by atoms with E-state index >= 15 is 0 Å². The smallest absolute Gasteiger partial charge is 0.271 e. The van der Waals surface area contributed by atoms with Gasteiger partial charge in [0.1, 0.15) is 11.6 Å². The number of fused-ring (bicyclic) bond motifs is 1. The van der Waals surface area contributed by atoms with Crippen molar-refractivity contribution in [2.24, 2.45) is 0 Å². The lowest BCUT2D eigenvalue weighted by Crippen LogP contribution is -2.52. The largest absolute Gasteiger partial charge is 0.476 e. The molecule has 0 bridgehead atoms. The van der Waals surface area contributed by atoms with Gasteiger partial charge in [-0.2, -0.15) is 0 Å². The maximum absolute atomic E-state index is 14.2. The van der Waals surface area contributed by atoms with Gasteiger partial charge in [0.25, 0.3) is 5.91 Å². The van der Waals surface area contributed by atoms with E-state index in [1.807, 2.05) is 0 Å². The lowest BCUT2D eigenvalue weighted by molar-refractivity contribution is -0.132. The molecule has 0 radical (unpaired) electrons. The van der Waals surface area contributed by atoms with E-state index < -0.39 is 11.4 Å². The second-order valence-corrected chi connectivity index (χ2v) is 7.08. The van der Waals surface area contributed by atoms with Crippen LogP contribution in [0.15, 0.2) is 65.3 Å². The fourth-order valence-corrected chi connectivity index (χ4v) is 3.21. The Balaban J connectivity index is 1.78. The van der Waals surface area contributed by atoms with Crippen LogP contribution in [-0.4, -0.2) is 17.3 Å². The Bertz CT molecular complexity index is 1060. The Kier molecular flexibility index (Phi) is 4.26. The van der Waals surface area contributed by atoms with Crippen molar-refractivity contribution in [3.05, 3.63) is 83.6 Å². The molecular formula is C22H18FNO4. The molecule has 1 aromatic heterocycles. The monoisotopic (exact) mass is 379 g/mol. The van der Waals surface area contributed by atoms with Crippen LogP contribution in [0.4, 0.5) is 10.1 Å². The first-order valence-corrected chi connectivity index (χ1v) is 8.83. The van der Waals surface area contributed by atoms with Gasteiger partial charge in [-0.15, -0.1) is 0 Å². The van der Waals surface area contributed by atoms with Gasteiger partial charge in [0.05, 0.1) is 18.5 Å². The number of nitrogens with zero attached hydrogens (tertiary/aromatic N) is 1. The van der Waals surface area contributed by atoms with E-state index in [-0.39, 0.29) is 24.0 Å². The Morgan fingerprint density at radius 2 is 1.89 bits per heavy atom. The summed E-state index contributed by atoms with van der Waals surface area (Å²) in [6.45, 7) is 3.35. The first kappa shape index (κ1) is 18.0. The molecule has 0 saturated carbocycles. The molecule has 0 spiro atoms. The summed E-state index contributed by atoms with van der Waals surface area (Å²) in [5, 5.41) is 0. The van der Waals surface area contributed by atoms with Crippen LogP contribution in [0.3, 0.4) is 0 Å². The van der Waals surface area contributed by atoms with Crippen LogP contribution in [0.25, 0.3) is 0 Å². The Morgan fingerprint density at radius 1 is 1.11 bits per heavy atom. The number of hydrogen-bond donors (Lipinski definition) is 0. The Labute approximate surface area is 161 Å². The lowest BCUT2D eigenvalue weighted by atomic mass is 10.00. The third-order valence-electron chi connectivity index (χ3n) is 4.67. The minimum absolute atomic E-state index is 0.0314. The molecule has 1 aliphatic rings. The Hall–Kier alpha value is -3.41. The maximum Gasteiger partial charge on any atom is 0.271 e. The van der Waals surface area contributed by atoms with E-state index in [0.717, 1.165) is 0 Å². The highest BCUT2D eigenvalue weighted by Crippen LogP contribution is 2.39. The van der Waals surface area contributed by atoms with E-state index in [0.29, 0.717) is 22.6 Å². The van der Waals surface area contributed by atoms with Gasteiger partial charge in [-0.1, -0.05) is 18.2 Å². The van der Waals surface area contributed by atoms with E-state index in [1.165, 1.54) is 17.2 Å². The SMILES string of the molecule is CC1(C)Oc2ccc(C(=O)c3ccco3)cc2N(Cc2ccccc2F)C1=O. The quantitative estimate of drug-likeness (QED) is 0.632. The van der Waals surface area contributed by atoms with Gasteiger partial charge in [0, 0.05) is 11.1 Å². The number of rotatable bonds is 4. The van der Waals surface area contributed by atoms with Crippen LogP contribution in [0, 0.1) is 5.82 Å². The number of benzene rings is 2. The molecule has 1 aliphatic heterocycles. The molecule has 0 N–H and O–H groups in total. The number of carbonyl (C=O) groups is 2. The number of halogens is 1. The lowest BCUT2D eigenvalue weighted by Gasteiger charge is -2.39. The highest BCUT2D eigenvalue weighted by atomic mass is 19.1. The van der Waals surface area contributed by atoms with E-state index in [9.17, 15) is 14.0 Å². The van der Waals surface area contributed by atoms with Crippen molar-refractivity contribution >= 4 is 17.4 Å². The molecule has 0 saturated heterocycles. The molecule has 1 amide bonds. The predicted octanol–water partition coefficient (Wildman–Crippen LogP) is 4.35. The maximum atomic E-state index is 14.2. The number of furan rings is 1. The number of carbonyl (C=O) groups excluding carboxylic acids is 2. The van der Waals surface area contributed by atoms with Crippen LogP contribution < -0.4 is 9.64 Å². The minimum Gasteiger partial charge on any atom is -0.476 e. The average Bonchev–Trinajstić information content (AvgIpc) is 3.20. The van der Waals surface area contributed by atoms with Crippen LogP contribution >= 0.6 is 0 Å². The van der Waals surface area contributed by atoms with Crippen LogP contribution in [0.1, 0.15) is 35.5 Å². The first-order valence-electron chi connectivity index (χ1n) is 8.83. The van der Waals surface area contributed by atoms with Gasteiger partial charge in [0.2, 0.25) is 5.78 Å². The van der Waals surface area contributed by atoms with Gasteiger partial charge in [-0.25, -0.2) is 4.39 Å². The van der Waals surface area contributed by atoms with Gasteiger partial charge in [-0.05, 0) is 50.2 Å². The summed E-state index contributed by atoms with van der Waals surface area (Å²) in [6, 6.07) is 14.3. The Morgan fingerprint density at radius 3 is 2.61 bits per heavy atom. The molecule has 142 valence electrons. The van der Waals surface area contributed by atoms with Gasteiger partial charge in [-0.3, -0.25) is 9.59 Å². The number of ketones is 1. The average molecular weight is 379 g/mol. The molecular weight excluding hydrogens is 361 g/mol. The molecule has 2 aromatic carbocycles. The van der Waals surface area contributed by atoms with E-state index in [1.54, 1.807) is 62.4 Å². The summed E-state index contributed by atoms with van der Waals surface area (Å²) in [7, 11) is 0. The summed E-state index contributed by atoms with van der Waals surface area (Å²) < 4.78 is 25.2. The topological polar surface area (TPSA) is 59.8 Å². The molecule has 28 heavy (non-hydrogen) atoms. The minimum atomic E-state index is -1.11. The molecule has 0 aliphatic carbocycles. The van der Waals surface area contributed by atoms with Crippen molar-refractivity contribution in [2.45, 2.75) is 26.0 Å². The number of anilines is 1. The summed E-state index contributed by atoms with van der Waals surface area (Å²) in [6.07, 6.45) is 1.42. The van der Waals surface area contributed by atoms with E-state index in [2.05, 4.69) is 0 Å². The first-order chi connectivity index (χ1) is 13.4. The summed E-state index contributed by atoms with van der Waals surface area (Å²) in [5.74, 6) is -0.369. The van der Waals surface area contributed by atoms with Gasteiger partial charge >= 0.3 is 0 Å². The standard InChI is InChI=1S/C22H18FNO4/c1-22(2)21(26)24(13-15-6-3-4-7-16(15)23)17-12-14(9-10-18(17)28-22)20(25)19-8-5-11-27-19/h3-12H,13H2,1-2H3. The van der Waals surface area contributed by atoms with Crippen molar-refractivity contribution in [3.8, 4) is 5.75 Å². The molecule has 0 atom stereocenters. The molecule has 4 rings (SSSR count). The number of hydrogen-bond acceptors (Lipinski definition) is 4. The fraction of sp³-hybridized carbons (Fsp3) is 0.182. The van der Waals surface area contributed by atoms with E-state index in [4.69, 9.17) is 9.15 Å². The van der Waals surface area contributed by atoms with Crippen molar-refractivity contribution in [1.82, 2.24) is 0 Å². The summed E-state index contributed by atoms with van der Waals surface area (Å²) >= 11 is 0. The normalized spacial score (nSPS) is 15.1. The predicted molar refractivity (Wildman–Crippen MR) is 101 cm³/mol. The highest BCUT2D eigenvalue weighted by molar-refractivity contribution is 6.09. The summed E-state index contributed by atoms with van der Waals surface area (Å²) in [4.78, 5) is 27.1. The van der Waals surface area contributed by atoms with Crippen molar-refractivity contribution < 1.29 is 23.1 Å². The molecule has 3 aromatic rings. The molecule has 6 heteroatoms. The molecule has 0 unspecified atom stereocenters. The van der Waals surface area contributed by atoms with Crippen LogP contribution in [0.5, 0.6) is 5.75 Å². The van der Waals surface area contributed by atoms with Gasteiger partial charge in [0.15, 0.2) is 11.4 Å². The van der Waals surface area contributed by atoms with Crippen molar-refractivity contribution in [1.29, 1.82) is 0 Å². The second-order valence-electron chi connectivity index (χ2n) is 7.08. The van der Waals surface area contributed by atoms with Crippen molar-refractivity contribution in [2.75, 3.05) is 4.90 Å². The zero-order chi connectivity index (χ0) is 19.9. The third kappa shape index (κ3) is 3.07. The van der Waals surface area contributed by atoms with Crippen LogP contribution in [-0.2, 0) is 11.3 Å². The van der Waals surface area contributed by atoms with Crippen molar-refractivity contribution in [3.63, 3.8) is 0 Å². The highest BCUT2D eigenvalue weighted by Gasteiger charge is 2.41. The zero-order valence-electron chi connectivity index (χ0n) is 15.4.